The van der Waals surface area contributed by atoms with Gasteiger partial charge in [-0.1, -0.05) is 50.0 Å². The lowest BCUT2D eigenvalue weighted by molar-refractivity contribution is 0.223. The number of fused-ring (bicyclic) bond motifs is 2. The molecule has 3 aliphatic rings. The molecule has 0 heterocycles. The summed E-state index contributed by atoms with van der Waals surface area (Å²) in [6, 6.07) is 0. The predicted octanol–water partition coefficient (Wildman–Crippen LogP) is 5.76. The minimum atomic E-state index is 0.668. The summed E-state index contributed by atoms with van der Waals surface area (Å²) in [5.41, 5.74) is 6.12. The maximum Gasteiger partial charge on any atom is -0.00647 e. The van der Waals surface area contributed by atoms with E-state index in [0.29, 0.717) is 11.8 Å². The summed E-state index contributed by atoms with van der Waals surface area (Å²) in [5.74, 6) is 2.17. The van der Waals surface area contributed by atoms with Crippen molar-refractivity contribution in [1.82, 2.24) is 0 Å². The minimum Gasteiger partial charge on any atom is -0.0991 e. The first-order chi connectivity index (χ1) is 9.76. The lowest BCUT2D eigenvalue weighted by Crippen LogP contribution is -2.35. The molecule has 0 saturated heterocycles. The Balaban J connectivity index is 1.96. The molecule has 2 fully saturated rings. The summed E-state index contributed by atoms with van der Waals surface area (Å²) in [7, 11) is 0. The zero-order valence-corrected chi connectivity index (χ0v) is 12.7. The highest BCUT2D eigenvalue weighted by atomic mass is 14.5. The maximum absolute atomic E-state index is 4.51. The van der Waals surface area contributed by atoms with Crippen LogP contribution in [-0.4, -0.2) is 0 Å². The second-order valence-electron chi connectivity index (χ2n) is 6.47. The van der Waals surface area contributed by atoms with Crippen molar-refractivity contribution in [2.24, 2.45) is 17.8 Å². The monoisotopic (exact) mass is 266 g/mol. The van der Waals surface area contributed by atoms with Gasteiger partial charge in [-0.25, -0.2) is 0 Å². The third-order valence-corrected chi connectivity index (χ3v) is 5.48. The molecule has 20 heavy (non-hydrogen) atoms. The van der Waals surface area contributed by atoms with Crippen LogP contribution in [0.15, 0.2) is 59.8 Å². The minimum absolute atomic E-state index is 0.668. The average Bonchev–Trinajstić information content (AvgIpc) is 2.48. The first-order valence-electron chi connectivity index (χ1n) is 8.16. The Morgan fingerprint density at radius 2 is 2.10 bits per heavy atom. The van der Waals surface area contributed by atoms with Crippen molar-refractivity contribution < 1.29 is 0 Å². The summed E-state index contributed by atoms with van der Waals surface area (Å²) < 4.78 is 0. The molecule has 0 radical (unpaired) electrons. The van der Waals surface area contributed by atoms with Gasteiger partial charge in [-0.2, -0.15) is 0 Å². The molecule has 2 saturated carbocycles. The van der Waals surface area contributed by atoms with Gasteiger partial charge in [0.25, 0.3) is 0 Å². The van der Waals surface area contributed by atoms with Crippen LogP contribution in [-0.2, 0) is 0 Å². The van der Waals surface area contributed by atoms with Gasteiger partial charge in [0, 0.05) is 0 Å². The normalized spacial score (nSPS) is 35.0. The van der Waals surface area contributed by atoms with Crippen molar-refractivity contribution in [1.29, 1.82) is 0 Å². The van der Waals surface area contributed by atoms with Gasteiger partial charge in [-0.3, -0.25) is 0 Å². The highest BCUT2D eigenvalue weighted by molar-refractivity contribution is 5.52. The predicted molar refractivity (Wildman–Crippen MR) is 87.4 cm³/mol. The van der Waals surface area contributed by atoms with E-state index in [1.165, 1.54) is 49.7 Å². The fourth-order valence-electron chi connectivity index (χ4n) is 4.63. The second kappa shape index (κ2) is 5.60. The summed E-state index contributed by atoms with van der Waals surface area (Å²) in [6.45, 7) is 10.7. The molecule has 0 amide bonds. The standard InChI is InChI=1S/C20H26/c1-4-8-15-11-12-17-13-16-9-6-7-10-19(16)14(3)20(17)18(15)5-2/h4,8-10,17-18,20H,1,3,5-7,11-13H2,2H3. The third kappa shape index (κ3) is 2.16. The van der Waals surface area contributed by atoms with Crippen LogP contribution < -0.4 is 0 Å². The quantitative estimate of drug-likeness (QED) is 0.596. The molecule has 0 aromatic rings. The average molecular weight is 266 g/mol. The molecule has 3 aliphatic carbocycles. The van der Waals surface area contributed by atoms with Crippen LogP contribution in [0.1, 0.15) is 45.4 Å². The topological polar surface area (TPSA) is 0 Å². The smallest absolute Gasteiger partial charge is 0.00647 e. The van der Waals surface area contributed by atoms with Crippen molar-refractivity contribution in [3.63, 3.8) is 0 Å². The number of hydrogen-bond donors (Lipinski definition) is 0. The molecule has 0 aromatic heterocycles. The van der Waals surface area contributed by atoms with E-state index < -0.39 is 0 Å². The van der Waals surface area contributed by atoms with E-state index >= 15 is 0 Å². The molecule has 0 aromatic carbocycles. The van der Waals surface area contributed by atoms with Crippen molar-refractivity contribution in [2.75, 3.05) is 0 Å². The van der Waals surface area contributed by atoms with Gasteiger partial charge < -0.3 is 0 Å². The Labute approximate surface area is 123 Å². The number of hydrogen-bond acceptors (Lipinski definition) is 0. The van der Waals surface area contributed by atoms with Gasteiger partial charge in [-0.15, -0.1) is 0 Å². The van der Waals surface area contributed by atoms with Crippen LogP contribution in [0.4, 0.5) is 0 Å². The van der Waals surface area contributed by atoms with Crippen LogP contribution >= 0.6 is 0 Å². The van der Waals surface area contributed by atoms with E-state index in [2.05, 4.69) is 38.3 Å². The number of rotatable bonds is 2. The molecule has 0 heteroatoms. The Morgan fingerprint density at radius 3 is 2.85 bits per heavy atom. The lowest BCUT2D eigenvalue weighted by Gasteiger charge is -2.46. The van der Waals surface area contributed by atoms with E-state index in [0.717, 1.165) is 5.92 Å². The molecular weight excluding hydrogens is 240 g/mol. The van der Waals surface area contributed by atoms with Gasteiger partial charge >= 0.3 is 0 Å². The van der Waals surface area contributed by atoms with E-state index in [1.54, 1.807) is 11.1 Å². The van der Waals surface area contributed by atoms with Gasteiger partial charge in [0.05, 0.1) is 0 Å². The largest absolute Gasteiger partial charge is 0.0991 e. The summed E-state index contributed by atoms with van der Waals surface area (Å²) in [6.07, 6.45) is 16.6. The first-order valence-corrected chi connectivity index (χ1v) is 8.16. The van der Waals surface area contributed by atoms with Gasteiger partial charge in [0.15, 0.2) is 0 Å². The molecule has 0 nitrogen and oxygen atoms in total. The summed E-state index contributed by atoms with van der Waals surface area (Å²) in [4.78, 5) is 0. The van der Waals surface area contributed by atoms with Crippen LogP contribution in [0.2, 0.25) is 0 Å². The van der Waals surface area contributed by atoms with Crippen molar-refractivity contribution in [2.45, 2.75) is 45.4 Å². The van der Waals surface area contributed by atoms with Crippen LogP contribution in [0.3, 0.4) is 0 Å². The van der Waals surface area contributed by atoms with E-state index in [1.807, 2.05) is 6.08 Å². The lowest BCUT2D eigenvalue weighted by atomic mass is 9.58. The van der Waals surface area contributed by atoms with Crippen LogP contribution in [0.5, 0.6) is 0 Å². The molecule has 0 aliphatic heterocycles. The Morgan fingerprint density at radius 1 is 1.30 bits per heavy atom. The fraction of sp³-hybridized carbons (Fsp3) is 0.500. The zero-order valence-electron chi connectivity index (χ0n) is 12.7. The van der Waals surface area contributed by atoms with E-state index in [9.17, 15) is 0 Å². The number of allylic oxidation sites excluding steroid dienone is 8. The van der Waals surface area contributed by atoms with Gasteiger partial charge in [0.2, 0.25) is 0 Å². The summed E-state index contributed by atoms with van der Waals surface area (Å²) in [5, 5.41) is 0. The van der Waals surface area contributed by atoms with E-state index in [-0.39, 0.29) is 0 Å². The SMILES string of the molecule is C=CC=C1CCC2CC3=CCCC=C3C(=C)C2C1CC. The molecule has 0 N–H and O–H groups in total. The van der Waals surface area contributed by atoms with Crippen molar-refractivity contribution >= 4 is 0 Å². The Hall–Kier alpha value is -1.30. The molecule has 0 bridgehead atoms. The molecular formula is C20H26. The molecule has 3 rings (SSSR count). The highest BCUT2D eigenvalue weighted by Crippen LogP contribution is 2.53. The Kier molecular flexibility index (Phi) is 3.83. The van der Waals surface area contributed by atoms with Crippen LogP contribution in [0, 0.1) is 17.8 Å². The summed E-state index contributed by atoms with van der Waals surface area (Å²) >= 11 is 0. The van der Waals surface area contributed by atoms with Crippen LogP contribution in [0.25, 0.3) is 0 Å². The van der Waals surface area contributed by atoms with E-state index in [4.69, 9.17) is 0 Å². The molecule has 106 valence electrons. The zero-order chi connectivity index (χ0) is 14.1. The van der Waals surface area contributed by atoms with Crippen molar-refractivity contribution in [3.8, 4) is 0 Å². The van der Waals surface area contributed by atoms with Gasteiger partial charge in [0.1, 0.15) is 0 Å². The first kappa shape index (κ1) is 13.7. The Bertz CT molecular complexity index is 512. The second-order valence-corrected chi connectivity index (χ2v) is 6.47. The maximum atomic E-state index is 4.51. The fourth-order valence-corrected chi connectivity index (χ4v) is 4.63. The molecule has 0 spiro atoms. The van der Waals surface area contributed by atoms with Crippen molar-refractivity contribution in [3.05, 3.63) is 59.8 Å². The third-order valence-electron chi connectivity index (χ3n) is 5.48. The van der Waals surface area contributed by atoms with Gasteiger partial charge in [-0.05, 0) is 73.0 Å². The molecule has 3 atom stereocenters. The molecule has 3 unspecified atom stereocenters. The highest BCUT2D eigenvalue weighted by Gasteiger charge is 2.41.